The van der Waals surface area contributed by atoms with Crippen LogP contribution in [0.4, 0.5) is 35.2 Å². The van der Waals surface area contributed by atoms with Crippen LogP contribution in [0, 0.1) is 17.6 Å². The highest BCUT2D eigenvalue weighted by molar-refractivity contribution is 7.90. The average molecular weight is 967 g/mol. The van der Waals surface area contributed by atoms with Crippen LogP contribution < -0.4 is 25.2 Å². The highest BCUT2D eigenvalue weighted by Gasteiger charge is 2.36. The number of anilines is 3. The first-order valence-corrected chi connectivity index (χ1v) is 25.1. The van der Waals surface area contributed by atoms with Crippen LogP contribution in [0.5, 0.6) is 0 Å². The number of hydrogen-bond donors (Lipinski definition) is 4. The van der Waals surface area contributed by atoms with E-state index < -0.39 is 57.0 Å². The van der Waals surface area contributed by atoms with E-state index in [1.54, 1.807) is 23.4 Å². The van der Waals surface area contributed by atoms with Crippen molar-refractivity contribution in [1.82, 2.24) is 34.8 Å². The van der Waals surface area contributed by atoms with Crippen molar-refractivity contribution in [2.24, 2.45) is 5.92 Å². The number of amides is 4. The molecular formula is C49H53F3N10O6S. The molecule has 20 heteroatoms. The number of ketones is 1. The SMILES string of the molecule is O=C1CC[C@H](NC(=O)N2CCCc3c(C4CCN(CC5CCN(c6ccc(-c7cnc8[nH]cc(C(=O)c9c(F)ccc(NS(=O)(=O)N%10CC[C@@H](F)C%10)c9F)c8c7)cc6)CC5)CC4)ccnc32)C(=O)N1. The van der Waals surface area contributed by atoms with Gasteiger partial charge in [0.1, 0.15) is 29.5 Å². The second-order valence-electron chi connectivity index (χ2n) is 18.7. The highest BCUT2D eigenvalue weighted by Crippen LogP contribution is 2.38. The molecule has 0 aliphatic carbocycles. The number of rotatable bonds is 11. The first kappa shape index (κ1) is 46.4. The lowest BCUT2D eigenvalue weighted by molar-refractivity contribution is -0.134. The third-order valence-electron chi connectivity index (χ3n) is 14.4. The fourth-order valence-corrected chi connectivity index (χ4v) is 11.9. The minimum atomic E-state index is -4.36. The third kappa shape index (κ3) is 9.53. The Kier molecular flexibility index (Phi) is 12.9. The van der Waals surface area contributed by atoms with Gasteiger partial charge in [-0.1, -0.05) is 12.1 Å². The molecule has 10 rings (SSSR count). The van der Waals surface area contributed by atoms with Crippen molar-refractivity contribution >= 4 is 62.1 Å². The van der Waals surface area contributed by atoms with Crippen LogP contribution in [0.15, 0.2) is 67.1 Å². The number of piperidine rings is 3. The molecule has 5 aromatic rings. The molecule has 2 atom stereocenters. The van der Waals surface area contributed by atoms with Gasteiger partial charge in [0.2, 0.25) is 17.6 Å². The molecule has 0 bridgehead atoms. The highest BCUT2D eigenvalue weighted by atomic mass is 32.2. The van der Waals surface area contributed by atoms with E-state index in [4.69, 9.17) is 0 Å². The largest absolute Gasteiger partial charge is 0.372 e. The zero-order valence-corrected chi connectivity index (χ0v) is 38.7. The number of nitrogens with zero attached hydrogens (tertiary/aromatic N) is 6. The van der Waals surface area contributed by atoms with Gasteiger partial charge in [-0.3, -0.25) is 29.3 Å². The Bertz CT molecular complexity index is 2920. The molecule has 5 aliphatic rings. The Balaban J connectivity index is 0.730. The minimum absolute atomic E-state index is 0.00315. The maximum absolute atomic E-state index is 15.8. The fourth-order valence-electron chi connectivity index (χ4n) is 10.6. The second-order valence-corrected chi connectivity index (χ2v) is 20.4. The normalized spacial score (nSPS) is 21.1. The van der Waals surface area contributed by atoms with Gasteiger partial charge in [0.25, 0.3) is 0 Å². The quantitative estimate of drug-likeness (QED) is 0.0876. The van der Waals surface area contributed by atoms with Gasteiger partial charge in [-0.05, 0) is 129 Å². The smallest absolute Gasteiger partial charge is 0.323 e. The van der Waals surface area contributed by atoms with E-state index in [2.05, 4.69) is 53.6 Å². The van der Waals surface area contributed by atoms with E-state index in [9.17, 15) is 32.0 Å². The van der Waals surface area contributed by atoms with Crippen LogP contribution in [0.1, 0.15) is 84.3 Å². The molecule has 4 N–H and O–H groups in total. The number of halogens is 3. The second kappa shape index (κ2) is 19.2. The topological polar surface area (TPSA) is 193 Å². The number of urea groups is 1. The van der Waals surface area contributed by atoms with E-state index in [-0.39, 0.29) is 49.9 Å². The van der Waals surface area contributed by atoms with Crippen molar-refractivity contribution in [1.29, 1.82) is 0 Å². The predicted octanol–water partition coefficient (Wildman–Crippen LogP) is 6.20. The summed E-state index contributed by atoms with van der Waals surface area (Å²) in [4.78, 5) is 69.7. The summed E-state index contributed by atoms with van der Waals surface area (Å²) < 4.78 is 73.2. The molecule has 0 spiro atoms. The zero-order chi connectivity index (χ0) is 48.0. The number of aromatic nitrogens is 3. The van der Waals surface area contributed by atoms with Crippen LogP contribution in [0.3, 0.4) is 0 Å². The van der Waals surface area contributed by atoms with Gasteiger partial charge in [0.15, 0.2) is 5.82 Å². The molecule has 4 saturated heterocycles. The maximum Gasteiger partial charge on any atom is 0.323 e. The molecule has 0 radical (unpaired) electrons. The monoisotopic (exact) mass is 966 g/mol. The van der Waals surface area contributed by atoms with Crippen molar-refractivity contribution in [3.63, 3.8) is 0 Å². The van der Waals surface area contributed by atoms with Gasteiger partial charge in [-0.25, -0.2) is 27.9 Å². The first-order chi connectivity index (χ1) is 33.3. The average Bonchev–Trinajstić information content (AvgIpc) is 4.00. The Morgan fingerprint density at radius 3 is 2.38 bits per heavy atom. The van der Waals surface area contributed by atoms with Crippen molar-refractivity contribution in [3.05, 3.63) is 101 Å². The molecule has 3 aromatic heterocycles. The summed E-state index contributed by atoms with van der Waals surface area (Å²) in [5, 5.41) is 5.45. The summed E-state index contributed by atoms with van der Waals surface area (Å²) in [6, 6.07) is 12.5. The molecule has 8 heterocycles. The van der Waals surface area contributed by atoms with Gasteiger partial charge in [0, 0.05) is 86.5 Å². The number of benzene rings is 2. The van der Waals surface area contributed by atoms with Crippen molar-refractivity contribution in [2.75, 3.05) is 66.9 Å². The molecule has 4 fully saturated rings. The molecule has 4 amide bonds. The number of nitrogens with one attached hydrogen (secondary N) is 4. The number of aromatic amines is 1. The summed E-state index contributed by atoms with van der Waals surface area (Å²) in [6.45, 7) is 4.91. The number of imide groups is 1. The van der Waals surface area contributed by atoms with Crippen LogP contribution in [-0.2, 0) is 26.2 Å². The number of carbonyl (C=O) groups is 4. The summed E-state index contributed by atoms with van der Waals surface area (Å²) >= 11 is 0. The summed E-state index contributed by atoms with van der Waals surface area (Å²) in [5.74, 6) is -2.74. The van der Waals surface area contributed by atoms with Gasteiger partial charge in [-0.15, -0.1) is 0 Å². The Labute approximate surface area is 397 Å². The molecular weight excluding hydrogens is 914 g/mol. The maximum atomic E-state index is 15.8. The van der Waals surface area contributed by atoms with Crippen LogP contribution in [0.25, 0.3) is 22.2 Å². The van der Waals surface area contributed by atoms with E-state index in [1.165, 1.54) is 11.8 Å². The van der Waals surface area contributed by atoms with E-state index in [0.29, 0.717) is 40.8 Å². The van der Waals surface area contributed by atoms with Crippen molar-refractivity contribution in [2.45, 2.75) is 75.9 Å². The number of H-pyrrole nitrogens is 1. The van der Waals surface area contributed by atoms with Crippen LogP contribution >= 0.6 is 0 Å². The molecule has 0 unspecified atom stereocenters. The van der Waals surface area contributed by atoms with Gasteiger partial charge in [-0.2, -0.15) is 12.7 Å². The molecule has 362 valence electrons. The van der Waals surface area contributed by atoms with Crippen molar-refractivity contribution in [3.8, 4) is 11.1 Å². The summed E-state index contributed by atoms with van der Waals surface area (Å²) in [6.07, 6.45) is 9.71. The molecule has 2 aromatic carbocycles. The molecule has 5 aliphatic heterocycles. The predicted molar refractivity (Wildman–Crippen MR) is 253 cm³/mol. The lowest BCUT2D eigenvalue weighted by Gasteiger charge is -2.39. The van der Waals surface area contributed by atoms with Gasteiger partial charge >= 0.3 is 16.2 Å². The van der Waals surface area contributed by atoms with Crippen LogP contribution in [-0.4, -0.2) is 121 Å². The third-order valence-corrected chi connectivity index (χ3v) is 15.9. The van der Waals surface area contributed by atoms with Crippen LogP contribution in [0.2, 0.25) is 0 Å². The molecule has 69 heavy (non-hydrogen) atoms. The molecule has 16 nitrogen and oxygen atoms in total. The Morgan fingerprint density at radius 2 is 1.64 bits per heavy atom. The lowest BCUT2D eigenvalue weighted by atomic mass is 9.84. The minimum Gasteiger partial charge on any atom is -0.372 e. The lowest BCUT2D eigenvalue weighted by Crippen LogP contribution is -2.55. The number of pyridine rings is 2. The Morgan fingerprint density at radius 1 is 0.855 bits per heavy atom. The number of fused-ring (bicyclic) bond motifs is 2. The summed E-state index contributed by atoms with van der Waals surface area (Å²) in [5.41, 5.74) is 3.70. The van der Waals surface area contributed by atoms with E-state index in [1.807, 2.05) is 16.9 Å². The number of hydrogen-bond acceptors (Lipinski definition) is 10. The standard InChI is InChI=1S/C49H53F3N10O6S/c50-33-16-23-61(28-33)69(67,68)58-40-8-7-39(51)43(44(40)52)45(64)38-26-55-46-37(38)24-32(25-54-46)30-3-5-34(6-4-30)60-21-12-29(13-22-60)27-59-19-14-31(15-20-59)35-11-17-53-47-36(35)2-1-18-62(47)49(66)56-41-9-10-42(63)57-48(41)65/h3-8,11,17,24-26,29,31,33,41,58H,1-2,9-10,12-16,18-23,27-28H2,(H,54,55)(H,56,66)(H,57,63,65)/t33-,41+/m1/s1. The number of likely N-dealkylation sites (tertiary alicyclic amines) is 1. The Hall–Kier alpha value is -6.38. The zero-order valence-electron chi connectivity index (χ0n) is 37.9. The van der Waals surface area contributed by atoms with Gasteiger partial charge in [0.05, 0.1) is 11.3 Å². The van der Waals surface area contributed by atoms with Gasteiger partial charge < -0.3 is 20.1 Å². The molecule has 0 saturated carbocycles. The van der Waals surface area contributed by atoms with E-state index >= 15 is 8.78 Å². The van der Waals surface area contributed by atoms with E-state index in [0.717, 1.165) is 105 Å². The number of carbonyl (C=O) groups excluding carboxylic acids is 4. The first-order valence-electron chi connectivity index (χ1n) is 23.7. The fraction of sp³-hybridized carbons (Fsp3) is 0.429. The summed E-state index contributed by atoms with van der Waals surface area (Å²) in [7, 11) is -4.36. The number of alkyl halides is 1. The van der Waals surface area contributed by atoms with Crippen molar-refractivity contribution < 1.29 is 40.8 Å².